The summed E-state index contributed by atoms with van der Waals surface area (Å²) in [6.07, 6.45) is 5.69. The first-order valence-electron chi connectivity index (χ1n) is 9.70. The second-order valence-electron chi connectivity index (χ2n) is 7.66. The van der Waals surface area contributed by atoms with Gasteiger partial charge in [-0.3, -0.25) is 4.79 Å². The summed E-state index contributed by atoms with van der Waals surface area (Å²) in [6.45, 7) is 11.2. The van der Waals surface area contributed by atoms with Crippen LogP contribution < -0.4 is 0 Å². The molecule has 2 N–H and O–H groups in total. The fraction of sp³-hybridized carbons (Fsp3) is 0.636. The molecule has 0 amide bonds. The number of aliphatic hydroxyl groups is 2. The summed E-state index contributed by atoms with van der Waals surface area (Å²) in [4.78, 5) is 24.5. The van der Waals surface area contributed by atoms with Gasteiger partial charge in [0.1, 0.15) is 5.60 Å². The number of hydrogen-bond acceptors (Lipinski definition) is 5. The van der Waals surface area contributed by atoms with Gasteiger partial charge in [0, 0.05) is 12.0 Å². The fourth-order valence-corrected chi connectivity index (χ4v) is 3.14. The predicted octanol–water partition coefficient (Wildman–Crippen LogP) is 3.65. The number of carbonyl (C=O) groups excluding carboxylic acids is 2. The zero-order valence-electron chi connectivity index (χ0n) is 17.1. The first-order valence-corrected chi connectivity index (χ1v) is 9.70. The van der Waals surface area contributed by atoms with E-state index in [4.69, 9.17) is 4.74 Å². The Bertz CT molecular complexity index is 612. The molecule has 152 valence electrons. The van der Waals surface area contributed by atoms with Crippen molar-refractivity contribution < 1.29 is 24.5 Å². The highest BCUT2D eigenvalue weighted by atomic mass is 16.5. The molecule has 0 saturated carbocycles. The average molecular weight is 379 g/mol. The highest BCUT2D eigenvalue weighted by molar-refractivity contribution is 5.88. The average Bonchev–Trinajstić information content (AvgIpc) is 2.61. The number of esters is 1. The van der Waals surface area contributed by atoms with Crippen molar-refractivity contribution in [3.8, 4) is 0 Å². The Morgan fingerprint density at radius 1 is 1.33 bits per heavy atom. The Kier molecular flexibility index (Phi) is 9.13. The molecule has 27 heavy (non-hydrogen) atoms. The second kappa shape index (κ2) is 10.6. The number of rotatable bonds is 3. The van der Waals surface area contributed by atoms with Crippen LogP contribution in [0.4, 0.5) is 0 Å². The van der Waals surface area contributed by atoms with Gasteiger partial charge >= 0.3 is 5.97 Å². The normalized spacial score (nSPS) is 32.4. The zero-order chi connectivity index (χ0) is 20.6. The summed E-state index contributed by atoms with van der Waals surface area (Å²) >= 11 is 0. The van der Waals surface area contributed by atoms with Crippen molar-refractivity contribution in [1.29, 1.82) is 0 Å². The Balaban J connectivity index is 3.10. The van der Waals surface area contributed by atoms with Crippen molar-refractivity contribution in [3.05, 3.63) is 35.5 Å². The lowest BCUT2D eigenvalue weighted by Gasteiger charge is -2.27. The van der Waals surface area contributed by atoms with Crippen LogP contribution in [0, 0.1) is 5.92 Å². The molecular weight excluding hydrogens is 344 g/mol. The molecule has 0 saturated heterocycles. The highest BCUT2D eigenvalue weighted by Crippen LogP contribution is 2.29. The number of aliphatic hydroxyl groups excluding tert-OH is 1. The molecular formula is C22H34O5. The fourth-order valence-electron chi connectivity index (χ4n) is 3.14. The van der Waals surface area contributed by atoms with Crippen molar-refractivity contribution in [2.24, 2.45) is 5.92 Å². The van der Waals surface area contributed by atoms with E-state index in [2.05, 4.69) is 6.58 Å². The lowest BCUT2D eigenvalue weighted by atomic mass is 9.82. The lowest BCUT2D eigenvalue weighted by molar-refractivity contribution is -0.139. The molecule has 1 aliphatic carbocycles. The highest BCUT2D eigenvalue weighted by Gasteiger charge is 2.32. The minimum Gasteiger partial charge on any atom is -0.463 e. The predicted molar refractivity (Wildman–Crippen MR) is 106 cm³/mol. The summed E-state index contributed by atoms with van der Waals surface area (Å²) in [5.74, 6) is -1.08. The molecule has 5 heteroatoms. The number of ketones is 1. The molecule has 1 unspecified atom stereocenters. The van der Waals surface area contributed by atoms with Crippen LogP contribution in [0.1, 0.15) is 66.2 Å². The largest absolute Gasteiger partial charge is 0.463 e. The van der Waals surface area contributed by atoms with Gasteiger partial charge in [0.25, 0.3) is 0 Å². The van der Waals surface area contributed by atoms with E-state index in [1.54, 1.807) is 6.92 Å². The maximum atomic E-state index is 12.4. The lowest BCUT2D eigenvalue weighted by Crippen LogP contribution is -2.36. The summed E-state index contributed by atoms with van der Waals surface area (Å²) in [5.41, 5.74) is 0.728. The number of hydrogen-bond donors (Lipinski definition) is 2. The van der Waals surface area contributed by atoms with Gasteiger partial charge in [-0.1, -0.05) is 24.3 Å². The molecule has 1 rings (SSSR count). The summed E-state index contributed by atoms with van der Waals surface area (Å²) in [6, 6.07) is 0. The van der Waals surface area contributed by atoms with Crippen LogP contribution in [-0.4, -0.2) is 40.3 Å². The Morgan fingerprint density at radius 2 is 2.00 bits per heavy atom. The molecule has 0 spiro atoms. The van der Waals surface area contributed by atoms with E-state index in [9.17, 15) is 19.8 Å². The van der Waals surface area contributed by atoms with Crippen LogP contribution >= 0.6 is 0 Å². The van der Waals surface area contributed by atoms with Gasteiger partial charge < -0.3 is 14.9 Å². The van der Waals surface area contributed by atoms with E-state index in [0.29, 0.717) is 25.7 Å². The van der Waals surface area contributed by atoms with Crippen molar-refractivity contribution in [3.63, 3.8) is 0 Å². The molecule has 0 aromatic carbocycles. The number of Topliss-reactive ketones (excluding diaryl/α,β-unsaturated/α-hetero) is 1. The van der Waals surface area contributed by atoms with Crippen molar-refractivity contribution >= 4 is 11.8 Å². The minimum atomic E-state index is -1.46. The summed E-state index contributed by atoms with van der Waals surface area (Å²) in [7, 11) is 0. The van der Waals surface area contributed by atoms with Gasteiger partial charge in [0.15, 0.2) is 5.78 Å². The van der Waals surface area contributed by atoms with Crippen LogP contribution in [0.3, 0.4) is 0 Å². The first-order chi connectivity index (χ1) is 12.6. The van der Waals surface area contributed by atoms with Gasteiger partial charge in [0.2, 0.25) is 0 Å². The maximum Gasteiger partial charge on any atom is 0.333 e. The number of allylic oxidation sites excluding steroid dienone is 3. The molecule has 3 atom stereocenters. The molecule has 0 fully saturated rings. The third-order valence-electron chi connectivity index (χ3n) is 5.30. The van der Waals surface area contributed by atoms with E-state index in [-0.39, 0.29) is 36.7 Å². The van der Waals surface area contributed by atoms with Crippen LogP contribution in [0.15, 0.2) is 35.5 Å². The second-order valence-corrected chi connectivity index (χ2v) is 7.66. The van der Waals surface area contributed by atoms with Crippen molar-refractivity contribution in [1.82, 2.24) is 0 Å². The van der Waals surface area contributed by atoms with Crippen LogP contribution in [0.25, 0.3) is 0 Å². The van der Waals surface area contributed by atoms with Crippen LogP contribution in [0.5, 0.6) is 0 Å². The third-order valence-corrected chi connectivity index (χ3v) is 5.30. The van der Waals surface area contributed by atoms with Gasteiger partial charge in [-0.15, -0.1) is 0 Å². The Morgan fingerprint density at radius 3 is 2.63 bits per heavy atom. The zero-order valence-corrected chi connectivity index (χ0v) is 17.1. The molecule has 5 nitrogen and oxygen atoms in total. The van der Waals surface area contributed by atoms with Crippen LogP contribution in [-0.2, 0) is 14.3 Å². The van der Waals surface area contributed by atoms with Crippen molar-refractivity contribution in [2.45, 2.75) is 77.9 Å². The number of carbonyl (C=O) groups is 2. The maximum absolute atomic E-state index is 12.4. The minimum absolute atomic E-state index is 0.202. The molecule has 0 heterocycles. The standard InChI is InChI=1S/C22H34O5/c1-6-27-21(25)17(4)18-12-13-22(5,26)20(24)11-10-15(2)8-7-9-16(3)19(23)14-18/h8-9,18-19,23,26H,4,6-7,10-14H2,1-3,5H3/b15-8+,16-9+/t18?,19-,22+/m0/s1. The molecule has 0 aliphatic heterocycles. The van der Waals surface area contributed by atoms with Gasteiger partial charge in [-0.05, 0) is 71.3 Å². The summed E-state index contributed by atoms with van der Waals surface area (Å²) < 4.78 is 5.04. The van der Waals surface area contributed by atoms with E-state index in [0.717, 1.165) is 11.1 Å². The van der Waals surface area contributed by atoms with Gasteiger partial charge in [0.05, 0.1) is 12.7 Å². The SMILES string of the molecule is C=C(C(=O)OCC)C1CC[C@@](C)(O)C(=O)CC/C(C)=C/C/C=C(\C)[C@@H](O)C1. The third kappa shape index (κ3) is 7.43. The van der Waals surface area contributed by atoms with E-state index in [1.807, 2.05) is 26.0 Å². The quantitative estimate of drug-likeness (QED) is 0.445. The van der Waals surface area contributed by atoms with E-state index >= 15 is 0 Å². The number of ether oxygens (including phenoxy) is 1. The smallest absolute Gasteiger partial charge is 0.333 e. The van der Waals surface area contributed by atoms with E-state index < -0.39 is 17.7 Å². The Labute approximate surface area is 162 Å². The first kappa shape index (κ1) is 23.3. The molecule has 0 aromatic heterocycles. The van der Waals surface area contributed by atoms with Crippen molar-refractivity contribution in [2.75, 3.05) is 6.61 Å². The molecule has 1 aliphatic rings. The van der Waals surface area contributed by atoms with Gasteiger partial charge in [-0.2, -0.15) is 0 Å². The van der Waals surface area contributed by atoms with E-state index in [1.165, 1.54) is 6.92 Å². The van der Waals surface area contributed by atoms with Crippen LogP contribution in [0.2, 0.25) is 0 Å². The van der Waals surface area contributed by atoms with Gasteiger partial charge in [-0.25, -0.2) is 4.79 Å². The summed E-state index contributed by atoms with van der Waals surface area (Å²) in [5, 5.41) is 21.2. The molecule has 0 bridgehead atoms. The molecule has 0 aromatic rings. The monoisotopic (exact) mass is 378 g/mol. The Hall–Kier alpha value is -1.72. The topological polar surface area (TPSA) is 83.8 Å². The molecule has 0 radical (unpaired) electrons.